The van der Waals surface area contributed by atoms with Crippen molar-refractivity contribution in [3.05, 3.63) is 57.6 Å². The quantitative estimate of drug-likeness (QED) is 0.879. The Bertz CT molecular complexity index is 550. The van der Waals surface area contributed by atoms with Crippen LogP contribution in [0.4, 0.5) is 5.82 Å². The highest BCUT2D eigenvalue weighted by Crippen LogP contribution is 2.18. The first kappa shape index (κ1) is 11.7. The minimum absolute atomic E-state index is 0.0109. The van der Waals surface area contributed by atoms with E-state index >= 15 is 0 Å². The molecule has 0 bridgehead atoms. The van der Waals surface area contributed by atoms with Crippen LogP contribution in [0.2, 0.25) is 5.02 Å². The monoisotopic (exact) mass is 249 g/mol. The van der Waals surface area contributed by atoms with Crippen molar-refractivity contribution in [3.8, 4) is 0 Å². The number of hydrogen-bond acceptors (Lipinski definition) is 3. The molecule has 1 aromatic heterocycles. The number of aromatic nitrogens is 2. The lowest BCUT2D eigenvalue weighted by Gasteiger charge is -2.13. The fraction of sp³-hybridized carbons (Fsp3) is 0.167. The molecule has 0 aliphatic rings. The number of nitrogens with one attached hydrogen (secondary N) is 2. The number of aromatic amines is 1. The van der Waals surface area contributed by atoms with Gasteiger partial charge in [0.05, 0.1) is 6.04 Å². The van der Waals surface area contributed by atoms with Crippen LogP contribution in [0.1, 0.15) is 18.5 Å². The summed E-state index contributed by atoms with van der Waals surface area (Å²) in [6, 6.07) is 7.45. The fourth-order valence-electron chi connectivity index (χ4n) is 1.49. The summed E-state index contributed by atoms with van der Waals surface area (Å²) in [6.07, 6.45) is 3.04. The van der Waals surface area contributed by atoms with E-state index in [4.69, 9.17) is 11.6 Å². The van der Waals surface area contributed by atoms with E-state index in [2.05, 4.69) is 15.3 Å². The minimum Gasteiger partial charge on any atom is -0.359 e. The van der Waals surface area contributed by atoms with Crippen LogP contribution in [0.25, 0.3) is 0 Å². The number of hydrogen-bond donors (Lipinski definition) is 2. The average molecular weight is 250 g/mol. The van der Waals surface area contributed by atoms with Crippen molar-refractivity contribution in [2.45, 2.75) is 13.0 Å². The van der Waals surface area contributed by atoms with Gasteiger partial charge in [0, 0.05) is 17.4 Å². The number of anilines is 1. The molecule has 0 spiro atoms. The van der Waals surface area contributed by atoms with E-state index in [9.17, 15) is 4.79 Å². The van der Waals surface area contributed by atoms with Crippen molar-refractivity contribution in [1.82, 2.24) is 9.97 Å². The number of nitrogens with zero attached hydrogens (tertiary/aromatic N) is 1. The Morgan fingerprint density at radius 3 is 2.71 bits per heavy atom. The van der Waals surface area contributed by atoms with Crippen LogP contribution in [0, 0.1) is 0 Å². The Balaban J connectivity index is 2.17. The molecule has 5 heteroatoms. The first-order valence-electron chi connectivity index (χ1n) is 5.22. The number of rotatable bonds is 3. The molecule has 0 aliphatic heterocycles. The van der Waals surface area contributed by atoms with E-state index in [0.29, 0.717) is 10.8 Å². The molecular weight excluding hydrogens is 238 g/mol. The molecule has 88 valence electrons. The molecule has 2 aromatic rings. The van der Waals surface area contributed by atoms with Gasteiger partial charge < -0.3 is 10.3 Å². The molecule has 0 saturated heterocycles. The average Bonchev–Trinajstić information content (AvgIpc) is 2.33. The van der Waals surface area contributed by atoms with Gasteiger partial charge in [-0.2, -0.15) is 0 Å². The highest BCUT2D eigenvalue weighted by atomic mass is 35.5. The maximum Gasteiger partial charge on any atom is 0.290 e. The fourth-order valence-corrected chi connectivity index (χ4v) is 1.62. The third kappa shape index (κ3) is 2.85. The van der Waals surface area contributed by atoms with E-state index in [-0.39, 0.29) is 11.6 Å². The Morgan fingerprint density at radius 2 is 2.06 bits per heavy atom. The molecule has 2 rings (SSSR count). The van der Waals surface area contributed by atoms with Crippen LogP contribution < -0.4 is 10.9 Å². The molecule has 0 saturated carbocycles. The van der Waals surface area contributed by atoms with E-state index in [1.807, 2.05) is 31.2 Å². The zero-order valence-electron chi connectivity index (χ0n) is 9.27. The van der Waals surface area contributed by atoms with Crippen molar-refractivity contribution in [1.29, 1.82) is 0 Å². The second kappa shape index (κ2) is 5.01. The Labute approximate surface area is 104 Å². The SMILES string of the molecule is CC(Nc1ncc[nH]c1=O)c1ccc(Cl)cc1. The van der Waals surface area contributed by atoms with Crippen LogP contribution in [0.5, 0.6) is 0 Å². The lowest BCUT2D eigenvalue weighted by Crippen LogP contribution is -2.17. The van der Waals surface area contributed by atoms with Gasteiger partial charge in [-0.05, 0) is 24.6 Å². The molecule has 1 unspecified atom stereocenters. The molecule has 1 atom stereocenters. The number of halogens is 1. The lowest BCUT2D eigenvalue weighted by atomic mass is 10.1. The van der Waals surface area contributed by atoms with Gasteiger partial charge in [-0.1, -0.05) is 23.7 Å². The summed E-state index contributed by atoms with van der Waals surface area (Å²) in [5, 5.41) is 3.74. The van der Waals surface area contributed by atoms with Crippen molar-refractivity contribution in [2.24, 2.45) is 0 Å². The smallest absolute Gasteiger partial charge is 0.290 e. The van der Waals surface area contributed by atoms with Gasteiger partial charge in [0.15, 0.2) is 5.82 Å². The third-order valence-corrected chi connectivity index (χ3v) is 2.68. The summed E-state index contributed by atoms with van der Waals surface area (Å²) in [5.74, 6) is 0.315. The Kier molecular flexibility index (Phi) is 3.44. The van der Waals surface area contributed by atoms with E-state index < -0.39 is 0 Å². The molecule has 4 nitrogen and oxygen atoms in total. The summed E-state index contributed by atoms with van der Waals surface area (Å²) in [6.45, 7) is 1.96. The van der Waals surface area contributed by atoms with Gasteiger partial charge in [-0.3, -0.25) is 4.79 Å². The first-order chi connectivity index (χ1) is 8.16. The second-order valence-electron chi connectivity index (χ2n) is 3.68. The minimum atomic E-state index is -0.228. The Morgan fingerprint density at radius 1 is 1.35 bits per heavy atom. The molecule has 2 N–H and O–H groups in total. The highest BCUT2D eigenvalue weighted by molar-refractivity contribution is 6.30. The van der Waals surface area contributed by atoms with Crippen LogP contribution >= 0.6 is 11.6 Å². The second-order valence-corrected chi connectivity index (χ2v) is 4.12. The summed E-state index contributed by atoms with van der Waals surface area (Å²) in [4.78, 5) is 18.0. The van der Waals surface area contributed by atoms with Gasteiger partial charge in [0.2, 0.25) is 0 Å². The molecule has 1 heterocycles. The molecule has 0 aliphatic carbocycles. The molecule has 0 fully saturated rings. The summed E-state index contributed by atoms with van der Waals surface area (Å²) < 4.78 is 0. The van der Waals surface area contributed by atoms with Gasteiger partial charge in [0.1, 0.15) is 0 Å². The van der Waals surface area contributed by atoms with Gasteiger partial charge in [0.25, 0.3) is 5.56 Å². The largest absolute Gasteiger partial charge is 0.359 e. The van der Waals surface area contributed by atoms with E-state index in [0.717, 1.165) is 5.56 Å². The lowest BCUT2D eigenvalue weighted by molar-refractivity contribution is 0.866. The van der Waals surface area contributed by atoms with E-state index in [1.54, 1.807) is 0 Å². The van der Waals surface area contributed by atoms with Crippen molar-refractivity contribution in [2.75, 3.05) is 5.32 Å². The first-order valence-corrected chi connectivity index (χ1v) is 5.60. The predicted molar refractivity (Wildman–Crippen MR) is 68.3 cm³/mol. The van der Waals surface area contributed by atoms with Gasteiger partial charge >= 0.3 is 0 Å². The zero-order valence-corrected chi connectivity index (χ0v) is 10.0. The topological polar surface area (TPSA) is 57.8 Å². The van der Waals surface area contributed by atoms with Crippen LogP contribution in [-0.4, -0.2) is 9.97 Å². The van der Waals surface area contributed by atoms with Gasteiger partial charge in [-0.15, -0.1) is 0 Å². The molecule has 0 radical (unpaired) electrons. The van der Waals surface area contributed by atoms with Crippen molar-refractivity contribution >= 4 is 17.4 Å². The molecule has 0 amide bonds. The van der Waals surface area contributed by atoms with Crippen molar-refractivity contribution < 1.29 is 0 Å². The predicted octanol–water partition coefficient (Wildman–Crippen LogP) is 2.60. The molecule has 17 heavy (non-hydrogen) atoms. The maximum atomic E-state index is 11.4. The van der Waals surface area contributed by atoms with Crippen molar-refractivity contribution in [3.63, 3.8) is 0 Å². The Hall–Kier alpha value is -1.81. The number of H-pyrrole nitrogens is 1. The molecular formula is C12H12ClN3O. The zero-order chi connectivity index (χ0) is 12.3. The van der Waals surface area contributed by atoms with Crippen LogP contribution in [-0.2, 0) is 0 Å². The maximum absolute atomic E-state index is 11.4. The third-order valence-electron chi connectivity index (χ3n) is 2.43. The van der Waals surface area contributed by atoms with Gasteiger partial charge in [-0.25, -0.2) is 4.98 Å². The van der Waals surface area contributed by atoms with Crippen LogP contribution in [0.3, 0.4) is 0 Å². The molecule has 1 aromatic carbocycles. The van der Waals surface area contributed by atoms with E-state index in [1.165, 1.54) is 12.4 Å². The number of benzene rings is 1. The van der Waals surface area contributed by atoms with Crippen LogP contribution in [0.15, 0.2) is 41.5 Å². The highest BCUT2D eigenvalue weighted by Gasteiger charge is 2.07. The normalized spacial score (nSPS) is 12.1. The summed E-state index contributed by atoms with van der Waals surface area (Å²) in [7, 11) is 0. The standard InChI is InChI=1S/C12H12ClN3O/c1-8(9-2-4-10(13)5-3-9)16-11-12(17)15-7-6-14-11/h2-8H,1H3,(H,14,16)(H,15,17). The summed E-state index contributed by atoms with van der Waals surface area (Å²) >= 11 is 5.81. The summed E-state index contributed by atoms with van der Waals surface area (Å²) in [5.41, 5.74) is 0.813.